The Balaban J connectivity index is 2.28. The SMILES string of the molecule is CCOC(=O)c1ccc(S(=O)(=O)N2CCC[C@@H]2C(=O)O)o1. The topological polar surface area (TPSA) is 114 Å². The van der Waals surface area contributed by atoms with Gasteiger partial charge in [-0.25, -0.2) is 13.2 Å². The van der Waals surface area contributed by atoms with Crippen molar-refractivity contribution in [2.45, 2.75) is 30.9 Å². The van der Waals surface area contributed by atoms with Gasteiger partial charge < -0.3 is 14.3 Å². The molecule has 1 fully saturated rings. The van der Waals surface area contributed by atoms with Gasteiger partial charge in [0.2, 0.25) is 10.9 Å². The van der Waals surface area contributed by atoms with E-state index in [-0.39, 0.29) is 25.3 Å². The van der Waals surface area contributed by atoms with Crippen molar-refractivity contribution in [1.29, 1.82) is 0 Å². The predicted molar refractivity (Wildman–Crippen MR) is 69.2 cm³/mol. The summed E-state index contributed by atoms with van der Waals surface area (Å²) < 4.78 is 35.3. The Morgan fingerprint density at radius 2 is 2.19 bits per heavy atom. The number of ether oxygens (including phenoxy) is 1. The highest BCUT2D eigenvalue weighted by Gasteiger charge is 2.41. The van der Waals surface area contributed by atoms with Gasteiger partial charge in [0.25, 0.3) is 10.0 Å². The minimum atomic E-state index is -4.08. The molecule has 8 nitrogen and oxygen atoms in total. The van der Waals surface area contributed by atoms with Crippen LogP contribution in [-0.4, -0.2) is 49.0 Å². The van der Waals surface area contributed by atoms with Crippen molar-refractivity contribution in [1.82, 2.24) is 4.31 Å². The van der Waals surface area contributed by atoms with Gasteiger partial charge in [-0.05, 0) is 31.9 Å². The third-order valence-electron chi connectivity index (χ3n) is 3.11. The smallest absolute Gasteiger partial charge is 0.374 e. The molecule has 1 saturated heterocycles. The highest BCUT2D eigenvalue weighted by molar-refractivity contribution is 7.89. The van der Waals surface area contributed by atoms with Gasteiger partial charge in [-0.2, -0.15) is 4.31 Å². The highest BCUT2D eigenvalue weighted by atomic mass is 32.2. The van der Waals surface area contributed by atoms with Crippen LogP contribution in [0.15, 0.2) is 21.6 Å². The molecule has 1 aromatic rings. The molecule has 0 spiro atoms. The fraction of sp³-hybridized carbons (Fsp3) is 0.500. The molecule has 0 unspecified atom stereocenters. The molecule has 1 N–H and O–H groups in total. The number of furan rings is 1. The molecule has 1 aliphatic rings. The minimum absolute atomic E-state index is 0.106. The number of carbonyl (C=O) groups excluding carboxylic acids is 1. The van der Waals surface area contributed by atoms with E-state index >= 15 is 0 Å². The Bertz CT molecular complexity index is 648. The monoisotopic (exact) mass is 317 g/mol. The van der Waals surface area contributed by atoms with E-state index in [2.05, 4.69) is 0 Å². The standard InChI is InChI=1S/C12H15NO7S/c1-2-19-12(16)9-5-6-10(20-9)21(17,18)13-7-3-4-8(13)11(14)15/h5-6,8H,2-4,7H2,1H3,(H,14,15)/t8-/m1/s1. The minimum Gasteiger partial charge on any atom is -0.480 e. The van der Waals surface area contributed by atoms with E-state index in [1.54, 1.807) is 6.92 Å². The zero-order valence-electron chi connectivity index (χ0n) is 11.3. The number of aliphatic carboxylic acids is 1. The maximum atomic E-state index is 12.4. The summed E-state index contributed by atoms with van der Waals surface area (Å²) in [5, 5.41) is 8.59. The summed E-state index contributed by atoms with van der Waals surface area (Å²) in [6.45, 7) is 1.85. The van der Waals surface area contributed by atoms with E-state index in [0.29, 0.717) is 6.42 Å². The second-order valence-corrected chi connectivity index (χ2v) is 6.27. The molecule has 0 amide bonds. The second-order valence-electron chi connectivity index (χ2n) is 4.45. The van der Waals surface area contributed by atoms with Gasteiger partial charge in [-0.3, -0.25) is 4.79 Å². The number of hydrogen-bond acceptors (Lipinski definition) is 6. The third-order valence-corrected chi connectivity index (χ3v) is 4.89. The predicted octanol–water partition coefficient (Wildman–Crippen LogP) is 0.694. The quantitative estimate of drug-likeness (QED) is 0.795. The number of carboxylic acid groups (broad SMARTS) is 1. The molecule has 0 saturated carbocycles. The van der Waals surface area contributed by atoms with Crippen molar-refractivity contribution < 1.29 is 32.3 Å². The van der Waals surface area contributed by atoms with E-state index in [1.165, 1.54) is 6.07 Å². The Morgan fingerprint density at radius 3 is 2.81 bits per heavy atom. The number of sulfonamides is 1. The average molecular weight is 317 g/mol. The molecule has 0 bridgehead atoms. The van der Waals surface area contributed by atoms with Gasteiger partial charge in [0.05, 0.1) is 6.61 Å². The van der Waals surface area contributed by atoms with Crippen molar-refractivity contribution in [3.8, 4) is 0 Å². The van der Waals surface area contributed by atoms with E-state index in [1.807, 2.05) is 0 Å². The zero-order valence-corrected chi connectivity index (χ0v) is 12.1. The maximum Gasteiger partial charge on any atom is 0.374 e. The molecule has 2 rings (SSSR count). The highest BCUT2D eigenvalue weighted by Crippen LogP contribution is 2.27. The van der Waals surface area contributed by atoms with Crippen LogP contribution in [0.3, 0.4) is 0 Å². The molecule has 0 radical (unpaired) electrons. The Morgan fingerprint density at radius 1 is 1.48 bits per heavy atom. The molecule has 1 atom stereocenters. The van der Waals surface area contributed by atoms with E-state index in [0.717, 1.165) is 10.4 Å². The average Bonchev–Trinajstić information content (AvgIpc) is 3.09. The first kappa shape index (κ1) is 15.5. The Kier molecular flexibility index (Phi) is 4.33. The lowest BCUT2D eigenvalue weighted by Gasteiger charge is -2.19. The molecular weight excluding hydrogens is 302 g/mol. The molecule has 21 heavy (non-hydrogen) atoms. The summed E-state index contributed by atoms with van der Waals surface area (Å²) >= 11 is 0. The number of carbonyl (C=O) groups is 2. The normalized spacial score (nSPS) is 19.6. The van der Waals surface area contributed by atoms with Gasteiger partial charge in [-0.15, -0.1) is 0 Å². The molecule has 9 heteroatoms. The van der Waals surface area contributed by atoms with Crippen LogP contribution in [0, 0.1) is 0 Å². The first-order valence-electron chi connectivity index (χ1n) is 6.39. The third kappa shape index (κ3) is 2.93. The van der Waals surface area contributed by atoms with E-state index < -0.39 is 33.1 Å². The van der Waals surface area contributed by atoms with Gasteiger partial charge in [0.15, 0.2) is 0 Å². The number of nitrogens with zero attached hydrogens (tertiary/aromatic N) is 1. The number of hydrogen-bond donors (Lipinski definition) is 1. The second kappa shape index (κ2) is 5.86. The van der Waals surface area contributed by atoms with Crippen molar-refractivity contribution in [2.75, 3.05) is 13.2 Å². The van der Waals surface area contributed by atoms with Gasteiger partial charge in [-0.1, -0.05) is 0 Å². The van der Waals surface area contributed by atoms with Crippen molar-refractivity contribution in [2.24, 2.45) is 0 Å². The fourth-order valence-corrected chi connectivity index (χ4v) is 3.73. The lowest BCUT2D eigenvalue weighted by molar-refractivity contribution is -0.140. The van der Waals surface area contributed by atoms with Crippen LogP contribution in [0.4, 0.5) is 0 Å². The number of esters is 1. The Labute approximate surface area is 121 Å². The summed E-state index contributed by atoms with van der Waals surface area (Å²) in [6.07, 6.45) is 0.710. The van der Waals surface area contributed by atoms with Crippen molar-refractivity contribution in [3.05, 3.63) is 17.9 Å². The van der Waals surface area contributed by atoms with Crippen LogP contribution in [0.2, 0.25) is 0 Å². The first-order valence-corrected chi connectivity index (χ1v) is 7.83. The van der Waals surface area contributed by atoms with Gasteiger partial charge in [0.1, 0.15) is 6.04 Å². The Hall–Kier alpha value is -1.87. The largest absolute Gasteiger partial charge is 0.480 e. The van der Waals surface area contributed by atoms with Crippen LogP contribution in [0.25, 0.3) is 0 Å². The molecule has 1 aliphatic heterocycles. The molecule has 1 aromatic heterocycles. The molecule has 0 aliphatic carbocycles. The first-order chi connectivity index (χ1) is 9.87. The molecule has 0 aromatic carbocycles. The fourth-order valence-electron chi connectivity index (χ4n) is 2.16. The van der Waals surface area contributed by atoms with Crippen LogP contribution in [0.5, 0.6) is 0 Å². The van der Waals surface area contributed by atoms with Crippen LogP contribution < -0.4 is 0 Å². The molecule has 116 valence electrons. The number of rotatable bonds is 5. The summed E-state index contributed by atoms with van der Waals surface area (Å²) in [5.41, 5.74) is 0. The van der Waals surface area contributed by atoms with Crippen LogP contribution in [0.1, 0.15) is 30.3 Å². The van der Waals surface area contributed by atoms with Gasteiger partial charge >= 0.3 is 11.9 Å². The number of carboxylic acids is 1. The van der Waals surface area contributed by atoms with Crippen LogP contribution >= 0.6 is 0 Å². The summed E-state index contributed by atoms with van der Waals surface area (Å²) in [4.78, 5) is 22.5. The van der Waals surface area contributed by atoms with E-state index in [4.69, 9.17) is 14.3 Å². The summed E-state index contributed by atoms with van der Waals surface area (Å²) in [6, 6.07) is 1.21. The molecular formula is C12H15NO7S. The van der Waals surface area contributed by atoms with Gasteiger partial charge in [0, 0.05) is 6.54 Å². The summed E-state index contributed by atoms with van der Waals surface area (Å²) in [5.74, 6) is -2.20. The van der Waals surface area contributed by atoms with Crippen LogP contribution in [-0.2, 0) is 19.6 Å². The summed E-state index contributed by atoms with van der Waals surface area (Å²) in [7, 11) is -4.08. The lowest BCUT2D eigenvalue weighted by Crippen LogP contribution is -2.40. The zero-order chi connectivity index (χ0) is 15.6. The maximum absolute atomic E-state index is 12.4. The lowest BCUT2D eigenvalue weighted by atomic mass is 10.2. The van der Waals surface area contributed by atoms with Crippen molar-refractivity contribution in [3.63, 3.8) is 0 Å². The molecule has 2 heterocycles. The van der Waals surface area contributed by atoms with E-state index in [9.17, 15) is 18.0 Å². The van der Waals surface area contributed by atoms with Crippen molar-refractivity contribution >= 4 is 22.0 Å².